The molecule has 3 aromatic rings. The number of ketones is 1. The highest BCUT2D eigenvalue weighted by Gasteiger charge is 2.25. The number of nitrogens with zero attached hydrogens (tertiary/aromatic N) is 1. The van der Waals surface area contributed by atoms with Crippen molar-refractivity contribution in [2.75, 3.05) is 19.0 Å². The average Bonchev–Trinajstić information content (AvgIpc) is 2.97. The van der Waals surface area contributed by atoms with Crippen LogP contribution in [0.15, 0.2) is 66.9 Å². The Hall–Kier alpha value is -4.96. The van der Waals surface area contributed by atoms with Gasteiger partial charge in [0.15, 0.2) is 5.78 Å². The van der Waals surface area contributed by atoms with Gasteiger partial charge in [0.05, 0.1) is 13.2 Å². The Balaban J connectivity index is 1.49. The summed E-state index contributed by atoms with van der Waals surface area (Å²) in [6.07, 6.45) is 1.44. The van der Waals surface area contributed by atoms with Crippen molar-refractivity contribution in [2.24, 2.45) is 0 Å². The number of carbonyl (C=O) groups excluding carboxylic acids is 3. The van der Waals surface area contributed by atoms with Crippen LogP contribution in [-0.4, -0.2) is 58.7 Å². The molecule has 2 amide bonds. The zero-order valence-electron chi connectivity index (χ0n) is 22.1. The second-order valence-corrected chi connectivity index (χ2v) is 8.73. The Morgan fingerprint density at radius 2 is 1.57 bits per heavy atom. The van der Waals surface area contributed by atoms with Crippen LogP contribution in [0.1, 0.15) is 40.4 Å². The Morgan fingerprint density at radius 3 is 2.10 bits per heavy atom. The third-order valence-electron chi connectivity index (χ3n) is 5.71. The molecule has 0 bridgehead atoms. The molecule has 204 valence electrons. The number of aliphatic hydroxyl groups excluding tert-OH is 2. The summed E-state index contributed by atoms with van der Waals surface area (Å²) in [7, 11) is 1.55. The van der Waals surface area contributed by atoms with Crippen LogP contribution < -0.4 is 15.4 Å². The number of aliphatic hydroxyl groups is 2. The molecule has 0 unspecified atom stereocenters. The van der Waals surface area contributed by atoms with Crippen molar-refractivity contribution < 1.29 is 29.3 Å². The molecule has 2 atom stereocenters. The van der Waals surface area contributed by atoms with Gasteiger partial charge in [-0.3, -0.25) is 14.4 Å². The maximum Gasteiger partial charge on any atom is 0.251 e. The van der Waals surface area contributed by atoms with Crippen LogP contribution in [-0.2, 0) is 16.0 Å². The van der Waals surface area contributed by atoms with Crippen molar-refractivity contribution in [3.8, 4) is 29.6 Å². The van der Waals surface area contributed by atoms with Crippen LogP contribution >= 0.6 is 0 Å². The minimum absolute atomic E-state index is 0.106. The molecule has 0 fully saturated rings. The molecule has 0 radical (unpaired) electrons. The Morgan fingerprint density at radius 1 is 0.950 bits per heavy atom. The fraction of sp³-hybridized carbons (Fsp3) is 0.226. The summed E-state index contributed by atoms with van der Waals surface area (Å²) in [6.45, 7) is 0.575. The highest BCUT2D eigenvalue weighted by Crippen LogP contribution is 2.12. The van der Waals surface area contributed by atoms with Crippen molar-refractivity contribution in [3.05, 3.63) is 89.1 Å². The van der Waals surface area contributed by atoms with Gasteiger partial charge >= 0.3 is 0 Å². The predicted octanol–water partition coefficient (Wildman–Crippen LogP) is 2.11. The van der Waals surface area contributed by atoms with Crippen molar-refractivity contribution in [1.82, 2.24) is 10.3 Å². The number of ether oxygens (including phenoxy) is 1. The third-order valence-corrected chi connectivity index (χ3v) is 5.71. The molecule has 0 aliphatic heterocycles. The smallest absolute Gasteiger partial charge is 0.251 e. The summed E-state index contributed by atoms with van der Waals surface area (Å²) in [6, 6.07) is 15.9. The lowest BCUT2D eigenvalue weighted by Gasteiger charge is -2.19. The Labute approximate surface area is 232 Å². The zero-order chi connectivity index (χ0) is 28.9. The van der Waals surface area contributed by atoms with Crippen molar-refractivity contribution in [1.29, 1.82) is 0 Å². The molecule has 0 saturated carbocycles. The lowest BCUT2D eigenvalue weighted by molar-refractivity contribution is -0.126. The standard InChI is InChI=1S/C31H29N3O6/c1-21(36)30(27(37)20-35)34-31(39)25-13-7-22(8-14-25)5-3-4-6-23-9-15-26(16-10-23)33-28(38)17-11-24-12-18-29(40-2)32-19-24/h7-10,12-16,18-19,21,30,35-36H,11,17,20H2,1-2H3,(H,33,38)(H,34,39)/t21-,30+/m1/s1. The molecule has 4 N–H and O–H groups in total. The van der Waals surface area contributed by atoms with E-state index in [4.69, 9.17) is 9.84 Å². The number of nitrogens with one attached hydrogen (secondary N) is 2. The number of carbonyl (C=O) groups is 3. The Kier molecular flexibility index (Phi) is 11.0. The van der Waals surface area contributed by atoms with Gasteiger partial charge < -0.3 is 25.6 Å². The molecule has 3 rings (SSSR count). The highest BCUT2D eigenvalue weighted by molar-refractivity contribution is 5.98. The Bertz CT molecular complexity index is 1440. The molecule has 1 aromatic heterocycles. The van der Waals surface area contributed by atoms with E-state index in [-0.39, 0.29) is 11.5 Å². The van der Waals surface area contributed by atoms with Crippen molar-refractivity contribution in [2.45, 2.75) is 31.9 Å². The lowest BCUT2D eigenvalue weighted by Crippen LogP contribution is -2.48. The summed E-state index contributed by atoms with van der Waals surface area (Å²) >= 11 is 0. The second kappa shape index (κ2) is 14.8. The van der Waals surface area contributed by atoms with E-state index < -0.39 is 30.4 Å². The van der Waals surface area contributed by atoms with Gasteiger partial charge in [-0.1, -0.05) is 17.9 Å². The van der Waals surface area contributed by atoms with E-state index in [9.17, 15) is 19.5 Å². The fourth-order valence-electron chi connectivity index (χ4n) is 3.50. The first-order chi connectivity index (χ1) is 19.3. The number of hydrogen-bond donors (Lipinski definition) is 4. The maximum atomic E-state index is 12.4. The van der Waals surface area contributed by atoms with E-state index in [0.717, 1.165) is 11.1 Å². The quantitative estimate of drug-likeness (QED) is 0.290. The summed E-state index contributed by atoms with van der Waals surface area (Å²) < 4.78 is 5.03. The van der Waals surface area contributed by atoms with Gasteiger partial charge in [-0.2, -0.15) is 0 Å². The van der Waals surface area contributed by atoms with E-state index in [1.165, 1.54) is 19.1 Å². The van der Waals surface area contributed by atoms with Crippen LogP contribution in [0.3, 0.4) is 0 Å². The normalized spacial score (nSPS) is 11.5. The highest BCUT2D eigenvalue weighted by atomic mass is 16.5. The molecule has 9 nitrogen and oxygen atoms in total. The molecular weight excluding hydrogens is 510 g/mol. The summed E-state index contributed by atoms with van der Waals surface area (Å²) in [5, 5.41) is 23.9. The average molecular weight is 540 g/mol. The van der Waals surface area contributed by atoms with Crippen molar-refractivity contribution in [3.63, 3.8) is 0 Å². The first kappa shape index (κ1) is 29.6. The summed E-state index contributed by atoms with van der Waals surface area (Å²) in [4.78, 5) is 40.4. The van der Waals surface area contributed by atoms with Crippen LogP contribution in [0.5, 0.6) is 5.88 Å². The number of amides is 2. The number of Topliss-reactive ketones (excluding diaryl/α,β-unsaturated/α-hetero) is 1. The molecule has 0 aliphatic carbocycles. The molecule has 1 heterocycles. The number of benzene rings is 2. The van der Waals surface area contributed by atoms with Crippen molar-refractivity contribution >= 4 is 23.3 Å². The second-order valence-electron chi connectivity index (χ2n) is 8.73. The van der Waals surface area contributed by atoms with E-state index in [0.29, 0.717) is 30.0 Å². The largest absolute Gasteiger partial charge is 0.481 e. The van der Waals surface area contributed by atoms with Crippen LogP contribution in [0.25, 0.3) is 0 Å². The van der Waals surface area contributed by atoms with E-state index in [1.54, 1.807) is 55.8 Å². The molecule has 0 spiro atoms. The third kappa shape index (κ3) is 9.10. The topological polar surface area (TPSA) is 138 Å². The van der Waals surface area contributed by atoms with E-state index >= 15 is 0 Å². The number of aromatic nitrogens is 1. The molecule has 40 heavy (non-hydrogen) atoms. The first-order valence-corrected chi connectivity index (χ1v) is 12.4. The predicted molar refractivity (Wildman–Crippen MR) is 149 cm³/mol. The van der Waals surface area contributed by atoms with Gasteiger partial charge in [0.1, 0.15) is 12.6 Å². The van der Waals surface area contributed by atoms with Gasteiger partial charge in [0.25, 0.3) is 5.91 Å². The zero-order valence-corrected chi connectivity index (χ0v) is 22.1. The number of pyridine rings is 1. The number of aryl methyl sites for hydroxylation is 1. The minimum Gasteiger partial charge on any atom is -0.481 e. The van der Waals surface area contributed by atoms with Gasteiger partial charge in [-0.25, -0.2) is 4.98 Å². The van der Waals surface area contributed by atoms with Gasteiger partial charge in [-0.15, -0.1) is 0 Å². The van der Waals surface area contributed by atoms with Crippen LogP contribution in [0, 0.1) is 23.7 Å². The van der Waals surface area contributed by atoms with Gasteiger partial charge in [-0.05, 0) is 79.3 Å². The minimum atomic E-state index is -1.19. The number of anilines is 1. The number of methoxy groups -OCH3 is 1. The summed E-state index contributed by atoms with van der Waals surface area (Å²) in [5.41, 5.74) is 3.25. The monoisotopic (exact) mass is 539 g/mol. The van der Waals surface area contributed by atoms with Gasteiger partial charge in [0, 0.05) is 41.1 Å². The molecule has 0 aliphatic rings. The number of hydrogen-bond acceptors (Lipinski definition) is 7. The van der Waals surface area contributed by atoms with Crippen LogP contribution in [0.2, 0.25) is 0 Å². The maximum absolute atomic E-state index is 12.4. The van der Waals surface area contributed by atoms with E-state index in [1.807, 2.05) is 6.07 Å². The van der Waals surface area contributed by atoms with Crippen LogP contribution in [0.4, 0.5) is 5.69 Å². The fourth-order valence-corrected chi connectivity index (χ4v) is 3.50. The summed E-state index contributed by atoms with van der Waals surface area (Å²) in [5.74, 6) is 10.5. The first-order valence-electron chi connectivity index (χ1n) is 12.4. The molecule has 0 saturated heterocycles. The van der Waals surface area contributed by atoms with E-state index in [2.05, 4.69) is 39.3 Å². The SMILES string of the molecule is COc1ccc(CCC(=O)Nc2ccc(C#CC#Cc3ccc(C(=O)N[C@H](C(=O)CO)[C@@H](C)O)cc3)cc2)cn1. The van der Waals surface area contributed by atoms with Gasteiger partial charge in [0.2, 0.25) is 11.8 Å². The molecular formula is C31H29N3O6. The number of rotatable bonds is 10. The molecule has 9 heteroatoms. The lowest BCUT2D eigenvalue weighted by atomic mass is 10.1. The molecule has 2 aromatic carbocycles.